The molecule has 0 amide bonds. The fourth-order valence-corrected chi connectivity index (χ4v) is 3.21. The van der Waals surface area contributed by atoms with E-state index in [0.717, 1.165) is 16.7 Å². The summed E-state index contributed by atoms with van der Waals surface area (Å²) in [6.07, 6.45) is 0. The fraction of sp³-hybridized carbons (Fsp3) is 0.0400. The van der Waals surface area contributed by atoms with Crippen molar-refractivity contribution in [1.82, 2.24) is 4.98 Å². The number of carboxylic acid groups (broad SMARTS) is 1. The summed E-state index contributed by atoms with van der Waals surface area (Å²) in [6, 6.07) is 18.7. The van der Waals surface area contributed by atoms with Crippen molar-refractivity contribution in [2.75, 3.05) is 5.73 Å². The molecule has 172 valence electrons. The van der Waals surface area contributed by atoms with E-state index in [4.69, 9.17) is 20.9 Å². The smallest absolute Gasteiger partial charge is 0.339 e. The van der Waals surface area contributed by atoms with Gasteiger partial charge in [0.1, 0.15) is 17.1 Å². The van der Waals surface area contributed by atoms with Crippen LogP contribution in [-0.4, -0.2) is 16.1 Å². The van der Waals surface area contributed by atoms with Gasteiger partial charge >= 0.3 is 5.97 Å². The first-order chi connectivity index (χ1) is 16.3. The predicted octanol–water partition coefficient (Wildman–Crippen LogP) is 5.35. The van der Waals surface area contributed by atoms with Crippen molar-refractivity contribution in [2.45, 2.75) is 6.54 Å². The average molecular weight is 463 g/mol. The number of aromatic carboxylic acids is 1. The molecule has 0 bridgehead atoms. The number of anilines is 1. The minimum absolute atomic E-state index is 0.189. The normalized spacial score (nSPS) is 10.7. The molecule has 4 rings (SSSR count). The van der Waals surface area contributed by atoms with E-state index < -0.39 is 29.4 Å². The molecule has 0 unspecified atom stereocenters. The molecule has 0 fully saturated rings. The Bertz CT molecular complexity index is 1380. The third-order valence-corrected chi connectivity index (χ3v) is 4.85. The molecule has 3 aromatic carbocycles. The van der Waals surface area contributed by atoms with Crippen molar-refractivity contribution < 1.29 is 28.2 Å². The minimum atomic E-state index is -1.32. The molecule has 0 saturated carbocycles. The van der Waals surface area contributed by atoms with Crippen molar-refractivity contribution in [3.63, 3.8) is 0 Å². The molecule has 4 aromatic rings. The number of halogens is 2. The number of aromatic nitrogens is 1. The molecule has 1 aromatic heterocycles. The number of nitrogens with two attached hydrogens (primary N) is 2. The number of hydrogen-bond donors (Lipinski definition) is 3. The molecule has 0 aliphatic heterocycles. The van der Waals surface area contributed by atoms with Crippen molar-refractivity contribution in [2.24, 2.45) is 5.73 Å². The maximum absolute atomic E-state index is 14.4. The number of pyridine rings is 1. The molecule has 9 heteroatoms. The van der Waals surface area contributed by atoms with Gasteiger partial charge < -0.3 is 26.0 Å². The van der Waals surface area contributed by atoms with E-state index in [2.05, 4.69) is 4.98 Å². The predicted molar refractivity (Wildman–Crippen MR) is 122 cm³/mol. The van der Waals surface area contributed by atoms with Gasteiger partial charge in [0.2, 0.25) is 0 Å². The van der Waals surface area contributed by atoms with Gasteiger partial charge in [-0.3, -0.25) is 0 Å². The number of ether oxygens (including phenoxy) is 2. The Morgan fingerprint density at radius 3 is 2.26 bits per heavy atom. The van der Waals surface area contributed by atoms with Gasteiger partial charge in [-0.15, -0.1) is 0 Å². The Morgan fingerprint density at radius 1 is 0.882 bits per heavy atom. The van der Waals surface area contributed by atoms with E-state index in [1.165, 1.54) is 18.2 Å². The Labute approximate surface area is 193 Å². The van der Waals surface area contributed by atoms with Crippen LogP contribution in [0.25, 0.3) is 11.1 Å². The summed E-state index contributed by atoms with van der Waals surface area (Å²) >= 11 is 0. The number of carboxylic acids is 1. The SMILES string of the molecule is NCc1cccc(-c2cccc(Oc3nc(Oc4cc(N)ccc4C(=O)O)c(F)cc3F)c2)c1. The van der Waals surface area contributed by atoms with Crippen LogP contribution in [0.4, 0.5) is 14.5 Å². The van der Waals surface area contributed by atoms with Crippen LogP contribution in [0.15, 0.2) is 72.8 Å². The Kier molecular flexibility index (Phi) is 6.37. The van der Waals surface area contributed by atoms with Gasteiger partial charge in [0.05, 0.1) is 0 Å². The minimum Gasteiger partial charge on any atom is -0.478 e. The van der Waals surface area contributed by atoms with Crippen LogP contribution >= 0.6 is 0 Å². The largest absolute Gasteiger partial charge is 0.478 e. The van der Waals surface area contributed by atoms with Gasteiger partial charge in [0.15, 0.2) is 11.6 Å². The average Bonchev–Trinajstić information content (AvgIpc) is 2.82. The van der Waals surface area contributed by atoms with Crippen LogP contribution in [0.5, 0.6) is 23.3 Å². The van der Waals surface area contributed by atoms with E-state index in [9.17, 15) is 18.7 Å². The number of nitrogen functional groups attached to an aromatic ring is 1. The van der Waals surface area contributed by atoms with Crippen LogP contribution in [0.3, 0.4) is 0 Å². The van der Waals surface area contributed by atoms with Gasteiger partial charge in [-0.05, 0) is 47.0 Å². The van der Waals surface area contributed by atoms with Crippen molar-refractivity contribution >= 4 is 11.7 Å². The summed E-state index contributed by atoms with van der Waals surface area (Å²) in [4.78, 5) is 15.2. The molecule has 0 spiro atoms. The second kappa shape index (κ2) is 9.55. The Morgan fingerprint density at radius 2 is 1.56 bits per heavy atom. The van der Waals surface area contributed by atoms with Crippen molar-refractivity contribution in [1.29, 1.82) is 0 Å². The first-order valence-corrected chi connectivity index (χ1v) is 10.1. The summed E-state index contributed by atoms with van der Waals surface area (Å²) in [6.45, 7) is 0.383. The lowest BCUT2D eigenvalue weighted by Gasteiger charge is -2.12. The first-order valence-electron chi connectivity index (χ1n) is 10.1. The van der Waals surface area contributed by atoms with E-state index >= 15 is 0 Å². The Balaban J connectivity index is 1.65. The molecular formula is C25H19F2N3O4. The number of nitrogens with zero attached hydrogens (tertiary/aromatic N) is 1. The molecule has 0 saturated heterocycles. The maximum atomic E-state index is 14.4. The van der Waals surface area contributed by atoms with Crippen LogP contribution in [0, 0.1) is 11.6 Å². The highest BCUT2D eigenvalue weighted by Gasteiger charge is 2.19. The lowest BCUT2D eigenvalue weighted by atomic mass is 10.0. The number of carbonyl (C=O) groups is 1. The number of benzene rings is 3. The fourth-order valence-electron chi connectivity index (χ4n) is 3.21. The zero-order chi connectivity index (χ0) is 24.2. The number of rotatable bonds is 7. The summed E-state index contributed by atoms with van der Waals surface area (Å²) < 4.78 is 39.7. The highest BCUT2D eigenvalue weighted by atomic mass is 19.1. The molecular weight excluding hydrogens is 444 g/mol. The second-order valence-corrected chi connectivity index (χ2v) is 7.26. The number of hydrogen-bond acceptors (Lipinski definition) is 6. The second-order valence-electron chi connectivity index (χ2n) is 7.26. The highest BCUT2D eigenvalue weighted by Crippen LogP contribution is 2.33. The third-order valence-electron chi connectivity index (χ3n) is 4.85. The molecule has 7 nitrogen and oxygen atoms in total. The van der Waals surface area contributed by atoms with Crippen molar-refractivity contribution in [3.8, 4) is 34.4 Å². The van der Waals surface area contributed by atoms with Crippen molar-refractivity contribution in [3.05, 3.63) is 95.6 Å². The summed E-state index contributed by atoms with van der Waals surface area (Å²) in [5.41, 5.74) is 13.9. The van der Waals surface area contributed by atoms with E-state index in [1.807, 2.05) is 30.3 Å². The zero-order valence-electron chi connectivity index (χ0n) is 17.7. The molecule has 1 heterocycles. The highest BCUT2D eigenvalue weighted by molar-refractivity contribution is 5.91. The topological polar surface area (TPSA) is 121 Å². The van der Waals surface area contributed by atoms with Crippen LogP contribution in [0.2, 0.25) is 0 Å². The molecule has 0 atom stereocenters. The standard InChI is InChI=1S/C25H19F2N3O4/c26-20-12-21(27)24(34-22-11-17(29)7-8-19(22)25(31)32)30-23(20)33-18-6-2-5-16(10-18)15-4-1-3-14(9-15)13-28/h1-12H,13,28-29H2,(H,31,32). The molecule has 0 radical (unpaired) electrons. The lowest BCUT2D eigenvalue weighted by Crippen LogP contribution is -2.04. The van der Waals surface area contributed by atoms with Crippen LogP contribution < -0.4 is 20.9 Å². The quantitative estimate of drug-likeness (QED) is 0.316. The monoisotopic (exact) mass is 463 g/mol. The summed E-state index contributed by atoms with van der Waals surface area (Å²) in [5.74, 6) is -4.75. The first kappa shape index (κ1) is 22.7. The van der Waals surface area contributed by atoms with E-state index in [-0.39, 0.29) is 22.7 Å². The molecule has 5 N–H and O–H groups in total. The van der Waals surface area contributed by atoms with Gasteiger partial charge in [-0.25, -0.2) is 13.6 Å². The lowest BCUT2D eigenvalue weighted by molar-refractivity contribution is 0.0694. The Hall–Kier alpha value is -4.50. The van der Waals surface area contributed by atoms with E-state index in [0.29, 0.717) is 12.6 Å². The zero-order valence-corrected chi connectivity index (χ0v) is 17.7. The van der Waals surface area contributed by atoms with Crippen LogP contribution in [-0.2, 0) is 6.54 Å². The third kappa shape index (κ3) is 4.94. The van der Waals surface area contributed by atoms with Crippen LogP contribution in [0.1, 0.15) is 15.9 Å². The summed E-state index contributed by atoms with van der Waals surface area (Å²) in [7, 11) is 0. The van der Waals surface area contributed by atoms with E-state index in [1.54, 1.807) is 18.2 Å². The molecule has 34 heavy (non-hydrogen) atoms. The van der Waals surface area contributed by atoms with Gasteiger partial charge in [-0.2, -0.15) is 4.98 Å². The van der Waals surface area contributed by atoms with Gasteiger partial charge in [-0.1, -0.05) is 30.3 Å². The van der Waals surface area contributed by atoms with Gasteiger partial charge in [0, 0.05) is 24.4 Å². The molecule has 0 aliphatic rings. The summed E-state index contributed by atoms with van der Waals surface area (Å²) in [5, 5.41) is 9.32. The maximum Gasteiger partial charge on any atom is 0.339 e. The molecule has 0 aliphatic carbocycles. The van der Waals surface area contributed by atoms with Gasteiger partial charge in [0.25, 0.3) is 11.8 Å².